The van der Waals surface area contributed by atoms with Crippen molar-refractivity contribution in [1.29, 1.82) is 0 Å². The number of hydrogen-bond donors (Lipinski definition) is 1. The summed E-state index contributed by atoms with van der Waals surface area (Å²) in [6.07, 6.45) is 3.08. The number of carbonyl (C=O) groups is 2. The molecule has 1 fully saturated rings. The third-order valence-corrected chi connectivity index (χ3v) is 5.95. The van der Waals surface area contributed by atoms with Crippen LogP contribution >= 0.6 is 11.6 Å². The van der Waals surface area contributed by atoms with E-state index in [4.69, 9.17) is 11.6 Å². The number of anilines is 1. The second-order valence-corrected chi connectivity index (χ2v) is 8.84. The first-order valence-corrected chi connectivity index (χ1v) is 10.7. The van der Waals surface area contributed by atoms with Crippen LogP contribution in [-0.2, 0) is 9.84 Å². The second kappa shape index (κ2) is 7.70. The van der Waals surface area contributed by atoms with Crippen molar-refractivity contribution in [1.82, 2.24) is 4.90 Å². The zero-order chi connectivity index (χ0) is 19.6. The van der Waals surface area contributed by atoms with Crippen LogP contribution in [0.5, 0.6) is 0 Å². The molecule has 0 unspecified atom stereocenters. The summed E-state index contributed by atoms with van der Waals surface area (Å²) in [4.78, 5) is 26.5. The van der Waals surface area contributed by atoms with Crippen LogP contribution in [0.3, 0.4) is 0 Å². The molecule has 3 rings (SSSR count). The number of halogens is 1. The normalized spacial score (nSPS) is 14.2. The fourth-order valence-electron chi connectivity index (χ4n) is 2.93. The molecular weight excluding hydrogens is 388 g/mol. The number of sulfone groups is 1. The Morgan fingerprint density at radius 1 is 1.00 bits per heavy atom. The minimum Gasteiger partial charge on any atom is -0.339 e. The Bertz CT molecular complexity index is 981. The molecule has 0 radical (unpaired) electrons. The molecule has 1 saturated heterocycles. The summed E-state index contributed by atoms with van der Waals surface area (Å²) in [6, 6.07) is 10.7. The number of benzene rings is 2. The third-order valence-electron chi connectivity index (χ3n) is 4.38. The van der Waals surface area contributed by atoms with Crippen molar-refractivity contribution in [2.45, 2.75) is 17.7 Å². The van der Waals surface area contributed by atoms with Crippen molar-refractivity contribution in [2.24, 2.45) is 0 Å². The molecule has 0 saturated carbocycles. The summed E-state index contributed by atoms with van der Waals surface area (Å²) in [5, 5.41) is 2.76. The van der Waals surface area contributed by atoms with Crippen molar-refractivity contribution < 1.29 is 18.0 Å². The summed E-state index contributed by atoms with van der Waals surface area (Å²) in [5.74, 6) is -0.476. The number of hydrogen-bond acceptors (Lipinski definition) is 4. The molecule has 27 heavy (non-hydrogen) atoms. The van der Waals surface area contributed by atoms with Crippen molar-refractivity contribution in [3.05, 3.63) is 58.6 Å². The molecule has 1 aliphatic heterocycles. The van der Waals surface area contributed by atoms with Crippen LogP contribution < -0.4 is 5.32 Å². The number of amides is 2. The van der Waals surface area contributed by atoms with Crippen LogP contribution in [-0.4, -0.2) is 44.5 Å². The summed E-state index contributed by atoms with van der Waals surface area (Å²) in [6.45, 7) is 1.55. The van der Waals surface area contributed by atoms with Gasteiger partial charge in [0.2, 0.25) is 0 Å². The molecule has 142 valence electrons. The van der Waals surface area contributed by atoms with Gasteiger partial charge in [-0.05, 0) is 55.3 Å². The largest absolute Gasteiger partial charge is 0.339 e. The van der Waals surface area contributed by atoms with Crippen molar-refractivity contribution >= 4 is 38.9 Å². The van der Waals surface area contributed by atoms with E-state index >= 15 is 0 Å². The third kappa shape index (κ3) is 4.48. The van der Waals surface area contributed by atoms with Crippen molar-refractivity contribution in [3.8, 4) is 0 Å². The summed E-state index contributed by atoms with van der Waals surface area (Å²) in [5.41, 5.74) is 1.26. The molecular formula is C19H19ClN2O4S. The predicted octanol–water partition coefficient (Wildman–Crippen LogP) is 3.23. The lowest BCUT2D eigenvalue weighted by molar-refractivity contribution is 0.0792. The average molecular weight is 407 g/mol. The minimum absolute atomic E-state index is 0.0131. The number of nitrogens with one attached hydrogen (secondary N) is 1. The highest BCUT2D eigenvalue weighted by Gasteiger charge is 2.19. The molecule has 2 aromatic carbocycles. The summed E-state index contributed by atoms with van der Waals surface area (Å²) >= 11 is 5.90. The van der Waals surface area contributed by atoms with Crippen LogP contribution in [0.25, 0.3) is 0 Å². The maximum atomic E-state index is 12.4. The standard InChI is InChI=1S/C19H19ClN2O4S/c1-27(25,26)17-12-14(6-9-16(17)20)18(23)21-15-7-4-13(5-8-15)19(24)22-10-2-3-11-22/h4-9,12H,2-3,10-11H2,1H3,(H,21,23). The second-order valence-electron chi connectivity index (χ2n) is 6.45. The SMILES string of the molecule is CS(=O)(=O)c1cc(C(=O)Nc2ccc(C(=O)N3CCCC3)cc2)ccc1Cl. The minimum atomic E-state index is -3.54. The van der Waals surface area contributed by atoms with E-state index in [1.807, 2.05) is 4.90 Å². The summed E-state index contributed by atoms with van der Waals surface area (Å²) in [7, 11) is -3.54. The molecule has 2 amide bonds. The van der Waals surface area contributed by atoms with Gasteiger partial charge in [-0.1, -0.05) is 11.6 Å². The van der Waals surface area contributed by atoms with E-state index in [0.717, 1.165) is 32.2 Å². The Balaban J connectivity index is 1.74. The van der Waals surface area contributed by atoms with Crippen LogP contribution in [0.2, 0.25) is 5.02 Å². The highest BCUT2D eigenvalue weighted by molar-refractivity contribution is 7.90. The topological polar surface area (TPSA) is 83.5 Å². The van der Waals surface area contributed by atoms with Crippen molar-refractivity contribution in [2.75, 3.05) is 24.7 Å². The first-order valence-electron chi connectivity index (χ1n) is 8.46. The predicted molar refractivity (Wildman–Crippen MR) is 104 cm³/mol. The van der Waals surface area contributed by atoms with Crippen LogP contribution in [0.15, 0.2) is 47.4 Å². The molecule has 8 heteroatoms. The lowest BCUT2D eigenvalue weighted by atomic mass is 10.1. The van der Waals surface area contributed by atoms with Gasteiger partial charge in [0.1, 0.15) is 0 Å². The first-order chi connectivity index (χ1) is 12.8. The van der Waals surface area contributed by atoms with Crippen LogP contribution in [0.4, 0.5) is 5.69 Å². The Kier molecular flexibility index (Phi) is 5.53. The average Bonchev–Trinajstić information content (AvgIpc) is 3.15. The van der Waals surface area contributed by atoms with Gasteiger partial charge < -0.3 is 10.2 Å². The van der Waals surface area contributed by atoms with Gasteiger partial charge in [0.25, 0.3) is 11.8 Å². The molecule has 1 heterocycles. The zero-order valence-electron chi connectivity index (χ0n) is 14.7. The molecule has 0 aliphatic carbocycles. The molecule has 0 atom stereocenters. The monoisotopic (exact) mass is 406 g/mol. The smallest absolute Gasteiger partial charge is 0.255 e. The van der Waals surface area contributed by atoms with Gasteiger partial charge in [-0.25, -0.2) is 8.42 Å². The van der Waals surface area contributed by atoms with E-state index < -0.39 is 15.7 Å². The number of carbonyl (C=O) groups excluding carboxylic acids is 2. The molecule has 0 aromatic heterocycles. The van der Waals surface area contributed by atoms with Gasteiger partial charge in [0.05, 0.1) is 9.92 Å². The van der Waals surface area contributed by atoms with E-state index in [1.54, 1.807) is 24.3 Å². The van der Waals surface area contributed by atoms with Gasteiger partial charge in [0.15, 0.2) is 9.84 Å². The molecule has 6 nitrogen and oxygen atoms in total. The quantitative estimate of drug-likeness (QED) is 0.844. The molecule has 1 aliphatic rings. The maximum Gasteiger partial charge on any atom is 0.255 e. The number of rotatable bonds is 4. The summed E-state index contributed by atoms with van der Waals surface area (Å²) < 4.78 is 23.5. The number of nitrogens with zero attached hydrogens (tertiary/aromatic N) is 1. The van der Waals surface area contributed by atoms with E-state index in [0.29, 0.717) is 11.3 Å². The maximum absolute atomic E-state index is 12.4. The Hall–Kier alpha value is -2.38. The van der Waals surface area contributed by atoms with Crippen LogP contribution in [0, 0.1) is 0 Å². The number of likely N-dealkylation sites (tertiary alicyclic amines) is 1. The van der Waals surface area contributed by atoms with E-state index in [-0.39, 0.29) is 21.4 Å². The Labute approximate surface area is 163 Å². The van der Waals surface area contributed by atoms with Gasteiger partial charge in [-0.3, -0.25) is 9.59 Å². The van der Waals surface area contributed by atoms with Crippen LogP contribution in [0.1, 0.15) is 33.6 Å². The Morgan fingerprint density at radius 2 is 1.59 bits per heavy atom. The van der Waals surface area contributed by atoms with Gasteiger partial charge in [-0.2, -0.15) is 0 Å². The molecule has 0 spiro atoms. The first kappa shape index (κ1) is 19.4. The fourth-order valence-corrected chi connectivity index (χ4v) is 4.23. The molecule has 1 N–H and O–H groups in total. The van der Waals surface area contributed by atoms with Crippen molar-refractivity contribution in [3.63, 3.8) is 0 Å². The zero-order valence-corrected chi connectivity index (χ0v) is 16.3. The van der Waals surface area contributed by atoms with E-state index in [2.05, 4.69) is 5.32 Å². The van der Waals surface area contributed by atoms with Gasteiger partial charge in [-0.15, -0.1) is 0 Å². The van der Waals surface area contributed by atoms with E-state index in [9.17, 15) is 18.0 Å². The Morgan fingerprint density at radius 3 is 2.19 bits per heavy atom. The van der Waals surface area contributed by atoms with E-state index in [1.165, 1.54) is 18.2 Å². The highest BCUT2D eigenvalue weighted by atomic mass is 35.5. The lowest BCUT2D eigenvalue weighted by Crippen LogP contribution is -2.27. The highest BCUT2D eigenvalue weighted by Crippen LogP contribution is 2.23. The molecule has 0 bridgehead atoms. The fraction of sp³-hybridized carbons (Fsp3) is 0.263. The lowest BCUT2D eigenvalue weighted by Gasteiger charge is -2.15. The van der Waals surface area contributed by atoms with Gasteiger partial charge in [0, 0.05) is 36.2 Å². The van der Waals surface area contributed by atoms with Gasteiger partial charge >= 0.3 is 0 Å². The molecule has 2 aromatic rings.